The highest BCUT2D eigenvalue weighted by atomic mass is 16.7. The predicted molar refractivity (Wildman–Crippen MR) is 238 cm³/mol. The average Bonchev–Trinajstić information content (AvgIpc) is 3.23. The number of amides is 1. The minimum absolute atomic E-state index is 0.259. The summed E-state index contributed by atoms with van der Waals surface area (Å²) >= 11 is 0. The maximum atomic E-state index is 13.1. The fraction of sp³-hybridized carbons (Fsp3) is 0.938. The van der Waals surface area contributed by atoms with E-state index in [0.29, 0.717) is 12.8 Å². The van der Waals surface area contributed by atoms with E-state index in [1.807, 2.05) is 0 Å². The van der Waals surface area contributed by atoms with Crippen LogP contribution in [0.1, 0.15) is 219 Å². The maximum Gasteiger partial charge on any atom is 0.249 e. The molecule has 1 aliphatic heterocycles. The standard InChI is InChI=1S/C48H93NO10/c1-3-5-7-9-11-13-15-17-18-19-20-21-22-23-24-26-28-30-32-34-36-41(52)47(57)49-39(38-58-48-46(56)45(55)44(54)42(37-50)59-48)43(53)40(51)35-33-31-29-27-25-16-14-12-10-8-6-4-2/h27,29,39-46,48,50-56H,3-26,28,30-38H2,1-2H3,(H,49,57)/b29-27+/t39-,40+,41+,42?,43-,44+,45?,46?,48+/m0/s1. The highest BCUT2D eigenvalue weighted by Gasteiger charge is 2.44. The largest absolute Gasteiger partial charge is 0.394 e. The Bertz CT molecular complexity index is 970. The van der Waals surface area contributed by atoms with Crippen LogP contribution in [-0.2, 0) is 14.3 Å². The lowest BCUT2D eigenvalue weighted by Gasteiger charge is -2.40. The summed E-state index contributed by atoms with van der Waals surface area (Å²) in [6.07, 6.45) is 29.8. The molecule has 1 saturated heterocycles. The molecule has 0 aromatic rings. The number of hydrogen-bond acceptors (Lipinski definition) is 10. The molecule has 8 N–H and O–H groups in total. The van der Waals surface area contributed by atoms with Gasteiger partial charge in [-0.25, -0.2) is 0 Å². The number of unbranched alkanes of at least 4 members (excludes halogenated alkanes) is 27. The molecule has 0 aromatic carbocycles. The van der Waals surface area contributed by atoms with Crippen LogP contribution in [0.25, 0.3) is 0 Å². The lowest BCUT2D eigenvalue weighted by atomic mass is 9.98. The van der Waals surface area contributed by atoms with E-state index in [4.69, 9.17) is 9.47 Å². The van der Waals surface area contributed by atoms with E-state index in [-0.39, 0.29) is 12.8 Å². The van der Waals surface area contributed by atoms with E-state index in [9.17, 15) is 40.5 Å². The van der Waals surface area contributed by atoms with Crippen LogP contribution in [0, 0.1) is 0 Å². The van der Waals surface area contributed by atoms with Gasteiger partial charge in [-0.2, -0.15) is 0 Å². The number of aliphatic hydroxyl groups excluding tert-OH is 7. The van der Waals surface area contributed by atoms with Gasteiger partial charge in [-0.3, -0.25) is 4.79 Å². The predicted octanol–water partition coefficient (Wildman–Crippen LogP) is 8.45. The molecule has 1 amide bonds. The molecule has 3 unspecified atom stereocenters. The Morgan fingerprint density at radius 3 is 1.46 bits per heavy atom. The van der Waals surface area contributed by atoms with Gasteiger partial charge in [0, 0.05) is 0 Å². The van der Waals surface area contributed by atoms with E-state index in [2.05, 4.69) is 31.3 Å². The van der Waals surface area contributed by atoms with Crippen LogP contribution in [-0.4, -0.2) is 110 Å². The normalized spacial score (nSPS) is 21.8. The van der Waals surface area contributed by atoms with Gasteiger partial charge in [-0.15, -0.1) is 0 Å². The molecule has 350 valence electrons. The number of rotatable bonds is 41. The summed E-state index contributed by atoms with van der Waals surface area (Å²) in [5.74, 6) is -0.704. The Morgan fingerprint density at radius 1 is 0.576 bits per heavy atom. The summed E-state index contributed by atoms with van der Waals surface area (Å²) in [7, 11) is 0. The number of hydrogen-bond donors (Lipinski definition) is 8. The second kappa shape index (κ2) is 38.5. The lowest BCUT2D eigenvalue weighted by molar-refractivity contribution is -0.303. The Kier molecular flexibility index (Phi) is 36.5. The second-order valence-corrected chi connectivity index (χ2v) is 17.5. The van der Waals surface area contributed by atoms with Crippen LogP contribution in [0.3, 0.4) is 0 Å². The van der Waals surface area contributed by atoms with Crippen LogP contribution < -0.4 is 5.32 Å². The highest BCUT2D eigenvalue weighted by Crippen LogP contribution is 2.23. The SMILES string of the molecule is CCCCCCCCC/C=C/CCC[C@@H](O)[C@@H](O)[C@H](CO[C@@H]1OC(CO)[C@@H](O)C(O)C1O)NC(=O)[C@H](O)CCCCCCCCCCCCCCCCCCCCCC. The van der Waals surface area contributed by atoms with Crippen molar-refractivity contribution in [3.8, 4) is 0 Å². The van der Waals surface area contributed by atoms with Gasteiger partial charge in [0.25, 0.3) is 0 Å². The van der Waals surface area contributed by atoms with Crippen molar-refractivity contribution in [2.75, 3.05) is 13.2 Å². The molecule has 11 nitrogen and oxygen atoms in total. The second-order valence-electron chi connectivity index (χ2n) is 17.5. The lowest BCUT2D eigenvalue weighted by Crippen LogP contribution is -2.60. The molecular weight excluding hydrogens is 751 g/mol. The first-order chi connectivity index (χ1) is 28.7. The van der Waals surface area contributed by atoms with Crippen molar-refractivity contribution in [2.24, 2.45) is 0 Å². The molecule has 0 spiro atoms. The zero-order valence-electron chi connectivity index (χ0n) is 37.7. The molecular formula is C48H93NO10. The van der Waals surface area contributed by atoms with Crippen molar-refractivity contribution in [1.82, 2.24) is 5.32 Å². The summed E-state index contributed by atoms with van der Waals surface area (Å²) < 4.78 is 11.1. The van der Waals surface area contributed by atoms with Crippen LogP contribution in [0.15, 0.2) is 12.2 Å². The molecule has 0 aromatic heterocycles. The summed E-state index contributed by atoms with van der Waals surface area (Å²) in [5, 5.41) is 75.6. The monoisotopic (exact) mass is 844 g/mol. The van der Waals surface area contributed by atoms with Crippen LogP contribution >= 0.6 is 0 Å². The Balaban J connectivity index is 2.39. The van der Waals surface area contributed by atoms with Crippen molar-refractivity contribution in [1.29, 1.82) is 0 Å². The average molecular weight is 844 g/mol. The van der Waals surface area contributed by atoms with Gasteiger partial charge in [-0.1, -0.05) is 193 Å². The van der Waals surface area contributed by atoms with Crippen molar-refractivity contribution >= 4 is 5.91 Å². The Labute approximate surface area is 360 Å². The van der Waals surface area contributed by atoms with E-state index in [0.717, 1.165) is 38.5 Å². The molecule has 1 aliphatic rings. The summed E-state index contributed by atoms with van der Waals surface area (Å²) in [6, 6.07) is -1.18. The molecule has 0 bridgehead atoms. The van der Waals surface area contributed by atoms with Crippen LogP contribution in [0.2, 0.25) is 0 Å². The summed E-state index contributed by atoms with van der Waals surface area (Å²) in [4.78, 5) is 13.1. The number of allylic oxidation sites excluding steroid dienone is 2. The topological polar surface area (TPSA) is 189 Å². The van der Waals surface area contributed by atoms with Crippen molar-refractivity contribution in [3.05, 3.63) is 12.2 Å². The third-order valence-electron chi connectivity index (χ3n) is 12.1. The summed E-state index contributed by atoms with van der Waals surface area (Å²) in [5.41, 5.74) is 0. The van der Waals surface area contributed by atoms with Gasteiger partial charge < -0.3 is 50.5 Å². The number of carbonyl (C=O) groups is 1. The maximum absolute atomic E-state index is 13.1. The third kappa shape index (κ3) is 28.2. The smallest absolute Gasteiger partial charge is 0.249 e. The fourth-order valence-corrected chi connectivity index (χ4v) is 7.97. The Morgan fingerprint density at radius 2 is 1.00 bits per heavy atom. The quantitative estimate of drug-likeness (QED) is 0.0219. The number of aliphatic hydroxyl groups is 7. The first kappa shape index (κ1) is 55.9. The molecule has 0 radical (unpaired) electrons. The molecule has 11 heteroatoms. The molecule has 1 fully saturated rings. The minimum Gasteiger partial charge on any atom is -0.394 e. The van der Waals surface area contributed by atoms with Gasteiger partial charge in [0.05, 0.1) is 25.4 Å². The van der Waals surface area contributed by atoms with Crippen LogP contribution in [0.5, 0.6) is 0 Å². The van der Waals surface area contributed by atoms with Crippen molar-refractivity contribution in [2.45, 2.75) is 274 Å². The van der Waals surface area contributed by atoms with Gasteiger partial charge in [0.15, 0.2) is 6.29 Å². The Hall–Kier alpha value is -1.15. The van der Waals surface area contributed by atoms with Gasteiger partial charge >= 0.3 is 0 Å². The minimum atomic E-state index is -1.66. The summed E-state index contributed by atoms with van der Waals surface area (Å²) in [6.45, 7) is 3.42. The highest BCUT2D eigenvalue weighted by molar-refractivity contribution is 5.80. The zero-order valence-corrected chi connectivity index (χ0v) is 37.7. The van der Waals surface area contributed by atoms with Gasteiger partial charge in [-0.05, 0) is 38.5 Å². The van der Waals surface area contributed by atoms with E-state index in [1.165, 1.54) is 141 Å². The molecule has 9 atom stereocenters. The first-order valence-electron chi connectivity index (χ1n) is 24.6. The molecule has 1 rings (SSSR count). The van der Waals surface area contributed by atoms with Crippen LogP contribution in [0.4, 0.5) is 0 Å². The number of carbonyl (C=O) groups excluding carboxylic acids is 1. The number of ether oxygens (including phenoxy) is 2. The van der Waals surface area contributed by atoms with Crippen molar-refractivity contribution < 1.29 is 50.0 Å². The fourth-order valence-electron chi connectivity index (χ4n) is 7.97. The van der Waals surface area contributed by atoms with Gasteiger partial charge in [0.2, 0.25) is 5.91 Å². The number of nitrogens with one attached hydrogen (secondary N) is 1. The van der Waals surface area contributed by atoms with E-state index < -0.39 is 74.2 Å². The zero-order chi connectivity index (χ0) is 43.4. The molecule has 59 heavy (non-hydrogen) atoms. The molecule has 0 aliphatic carbocycles. The molecule has 0 saturated carbocycles. The molecule has 1 heterocycles. The van der Waals surface area contributed by atoms with E-state index >= 15 is 0 Å². The van der Waals surface area contributed by atoms with Gasteiger partial charge in [0.1, 0.15) is 36.6 Å². The van der Waals surface area contributed by atoms with Crippen molar-refractivity contribution in [3.63, 3.8) is 0 Å². The van der Waals surface area contributed by atoms with E-state index in [1.54, 1.807) is 0 Å². The third-order valence-corrected chi connectivity index (χ3v) is 12.1. The first-order valence-corrected chi connectivity index (χ1v) is 24.6.